The first kappa shape index (κ1) is 23.6. The van der Waals surface area contributed by atoms with Gasteiger partial charge in [0.15, 0.2) is 0 Å². The Balaban J connectivity index is 1.55. The summed E-state index contributed by atoms with van der Waals surface area (Å²) in [5.74, 6) is -0.607. The number of benzene rings is 2. The molecule has 1 saturated heterocycles. The molecule has 0 saturated carbocycles. The molecule has 0 bridgehead atoms. The van der Waals surface area contributed by atoms with Crippen molar-refractivity contribution in [3.05, 3.63) is 88.1 Å². The Kier molecular flexibility index (Phi) is 5.77. The van der Waals surface area contributed by atoms with Gasteiger partial charge in [-0.15, -0.1) is 0 Å². The minimum Gasteiger partial charge on any atom is -0.368 e. The normalized spacial score (nSPS) is 26.5. The maximum absolute atomic E-state index is 12.9. The highest BCUT2D eigenvalue weighted by Crippen LogP contribution is 2.52. The van der Waals surface area contributed by atoms with Crippen LogP contribution in [0, 0.1) is 11.3 Å². The number of rotatable bonds is 4. The zero-order chi connectivity index (χ0) is 25.0. The minimum atomic E-state index is -0.508. The summed E-state index contributed by atoms with van der Waals surface area (Å²) in [5, 5.41) is 5.58. The SMILES string of the molecule is CC1(C)C=CC=C(N2NC(C(N)=O)C3CCc4ccc(NC(=O)c5ccccc5Cl)cc4C32C)C1. The molecule has 35 heavy (non-hydrogen) atoms. The highest BCUT2D eigenvalue weighted by molar-refractivity contribution is 6.34. The molecule has 2 aromatic carbocycles. The number of primary amides is 1. The molecule has 2 aromatic rings. The lowest BCUT2D eigenvalue weighted by Crippen LogP contribution is -2.48. The Morgan fingerprint density at radius 1 is 1.17 bits per heavy atom. The molecule has 7 heteroatoms. The summed E-state index contributed by atoms with van der Waals surface area (Å²) in [5.41, 5.74) is 13.4. The fourth-order valence-corrected chi connectivity index (χ4v) is 6.14. The number of hydrogen-bond acceptors (Lipinski definition) is 4. The van der Waals surface area contributed by atoms with Gasteiger partial charge in [0, 0.05) is 17.3 Å². The zero-order valence-corrected chi connectivity index (χ0v) is 21.0. The lowest BCUT2D eigenvalue weighted by atomic mass is 9.68. The zero-order valence-electron chi connectivity index (χ0n) is 20.3. The van der Waals surface area contributed by atoms with Crippen LogP contribution in [0.2, 0.25) is 5.02 Å². The van der Waals surface area contributed by atoms with E-state index in [4.69, 9.17) is 17.3 Å². The van der Waals surface area contributed by atoms with Crippen LogP contribution in [0.25, 0.3) is 0 Å². The van der Waals surface area contributed by atoms with Gasteiger partial charge in [-0.3, -0.25) is 9.59 Å². The Labute approximate surface area is 211 Å². The molecule has 1 fully saturated rings. The Morgan fingerprint density at radius 3 is 2.66 bits per heavy atom. The van der Waals surface area contributed by atoms with Crippen LogP contribution in [-0.4, -0.2) is 22.9 Å². The van der Waals surface area contributed by atoms with E-state index in [1.54, 1.807) is 24.3 Å². The fourth-order valence-electron chi connectivity index (χ4n) is 5.92. The van der Waals surface area contributed by atoms with Gasteiger partial charge in [-0.05, 0) is 73.1 Å². The van der Waals surface area contributed by atoms with Gasteiger partial charge in [0.2, 0.25) is 5.91 Å². The van der Waals surface area contributed by atoms with E-state index in [2.05, 4.69) is 60.8 Å². The average molecular weight is 491 g/mol. The van der Waals surface area contributed by atoms with E-state index in [1.165, 1.54) is 5.56 Å². The first-order chi connectivity index (χ1) is 16.6. The highest BCUT2D eigenvalue weighted by atomic mass is 35.5. The summed E-state index contributed by atoms with van der Waals surface area (Å²) >= 11 is 6.24. The van der Waals surface area contributed by atoms with Crippen LogP contribution in [-0.2, 0) is 16.8 Å². The Hall–Kier alpha value is -3.09. The Morgan fingerprint density at radius 2 is 1.94 bits per heavy atom. The van der Waals surface area contributed by atoms with Crippen molar-refractivity contribution in [2.45, 2.75) is 51.6 Å². The largest absolute Gasteiger partial charge is 0.368 e. The van der Waals surface area contributed by atoms with E-state index in [0.717, 1.165) is 30.5 Å². The monoisotopic (exact) mass is 490 g/mol. The van der Waals surface area contributed by atoms with Gasteiger partial charge in [0.25, 0.3) is 5.91 Å². The van der Waals surface area contributed by atoms with Crippen LogP contribution in [0.15, 0.2) is 66.4 Å². The Bertz CT molecular complexity index is 1270. The molecule has 0 radical (unpaired) electrons. The van der Waals surface area contributed by atoms with Gasteiger partial charge < -0.3 is 16.1 Å². The highest BCUT2D eigenvalue weighted by Gasteiger charge is 2.56. The molecule has 6 nitrogen and oxygen atoms in total. The first-order valence-electron chi connectivity index (χ1n) is 12.0. The summed E-state index contributed by atoms with van der Waals surface area (Å²) in [4.78, 5) is 25.4. The van der Waals surface area contributed by atoms with Gasteiger partial charge in [0.1, 0.15) is 6.04 Å². The van der Waals surface area contributed by atoms with Gasteiger partial charge in [-0.1, -0.05) is 55.8 Å². The van der Waals surface area contributed by atoms with Gasteiger partial charge in [0.05, 0.1) is 16.1 Å². The molecule has 5 rings (SSSR count). The third-order valence-corrected chi connectivity index (χ3v) is 8.01. The quantitative estimate of drug-likeness (QED) is 0.568. The third kappa shape index (κ3) is 4.05. The first-order valence-corrected chi connectivity index (χ1v) is 12.4. The average Bonchev–Trinajstić information content (AvgIpc) is 3.12. The number of fused-ring (bicyclic) bond motifs is 3. The minimum absolute atomic E-state index is 0.00284. The van der Waals surface area contributed by atoms with Crippen molar-refractivity contribution in [3.8, 4) is 0 Å². The summed E-state index contributed by atoms with van der Waals surface area (Å²) in [6.45, 7) is 6.58. The van der Waals surface area contributed by atoms with Gasteiger partial charge in [-0.2, -0.15) is 0 Å². The van der Waals surface area contributed by atoms with Gasteiger partial charge in [-0.25, -0.2) is 5.43 Å². The second kappa shape index (κ2) is 8.54. The lowest BCUT2D eigenvalue weighted by Gasteiger charge is -2.46. The van der Waals surface area contributed by atoms with Crippen molar-refractivity contribution in [1.29, 1.82) is 0 Å². The number of nitrogens with one attached hydrogen (secondary N) is 2. The maximum atomic E-state index is 12.9. The molecule has 3 unspecified atom stereocenters. The number of allylic oxidation sites excluding steroid dienone is 4. The van der Waals surface area contributed by atoms with E-state index in [1.807, 2.05) is 12.1 Å². The third-order valence-electron chi connectivity index (χ3n) is 7.68. The second-order valence-electron chi connectivity index (χ2n) is 10.6. The number of halogens is 1. The molecule has 1 heterocycles. The molecule has 0 aromatic heterocycles. The van der Waals surface area contributed by atoms with Crippen molar-refractivity contribution in [2.24, 2.45) is 17.1 Å². The van der Waals surface area contributed by atoms with Crippen LogP contribution < -0.4 is 16.5 Å². The molecular formula is C28H31ClN4O2. The number of nitrogens with zero attached hydrogens (tertiary/aromatic N) is 1. The summed E-state index contributed by atoms with van der Waals surface area (Å²) in [6.07, 6.45) is 8.93. The predicted octanol–water partition coefficient (Wildman–Crippen LogP) is 4.91. The molecule has 2 aliphatic carbocycles. The summed E-state index contributed by atoms with van der Waals surface area (Å²) in [6, 6.07) is 12.6. The summed E-state index contributed by atoms with van der Waals surface area (Å²) < 4.78 is 0. The van der Waals surface area contributed by atoms with Crippen LogP contribution >= 0.6 is 11.6 Å². The molecule has 0 spiro atoms. The number of anilines is 1. The number of aryl methyl sites for hydroxylation is 1. The van der Waals surface area contributed by atoms with E-state index in [-0.39, 0.29) is 23.1 Å². The van der Waals surface area contributed by atoms with Crippen LogP contribution in [0.4, 0.5) is 5.69 Å². The fraction of sp³-hybridized carbons (Fsp3) is 0.357. The molecule has 182 valence electrons. The van der Waals surface area contributed by atoms with Gasteiger partial charge >= 0.3 is 0 Å². The van der Waals surface area contributed by atoms with E-state index in [9.17, 15) is 9.59 Å². The second-order valence-corrected chi connectivity index (χ2v) is 11.0. The topological polar surface area (TPSA) is 87.5 Å². The number of amides is 2. The lowest BCUT2D eigenvalue weighted by molar-refractivity contribution is -0.121. The van der Waals surface area contributed by atoms with Crippen molar-refractivity contribution in [2.75, 3.05) is 5.32 Å². The van der Waals surface area contributed by atoms with Crippen molar-refractivity contribution in [3.63, 3.8) is 0 Å². The summed E-state index contributed by atoms with van der Waals surface area (Å²) in [7, 11) is 0. The van der Waals surface area contributed by atoms with Crippen LogP contribution in [0.5, 0.6) is 0 Å². The number of carbonyl (C=O) groups excluding carboxylic acids is 2. The molecule has 2 amide bonds. The number of hydrazine groups is 1. The smallest absolute Gasteiger partial charge is 0.257 e. The van der Waals surface area contributed by atoms with Crippen LogP contribution in [0.3, 0.4) is 0 Å². The molecule has 3 atom stereocenters. The van der Waals surface area contributed by atoms with Crippen molar-refractivity contribution >= 4 is 29.1 Å². The molecule has 4 N–H and O–H groups in total. The van der Waals surface area contributed by atoms with E-state index >= 15 is 0 Å². The molecule has 1 aliphatic heterocycles. The van der Waals surface area contributed by atoms with Crippen LogP contribution in [0.1, 0.15) is 55.1 Å². The molecule has 3 aliphatic rings. The standard InChI is InChI=1S/C28H31ClN4O2/c1-27(2)14-6-7-19(16-27)33-28(3)21(24(32-33)25(30)34)13-11-17-10-12-18(15-22(17)28)31-26(35)20-8-4-5-9-23(20)29/h4-10,12,14-15,21,24,32H,11,13,16H2,1-3H3,(H2,30,34)(H,31,35). The van der Waals surface area contributed by atoms with E-state index in [0.29, 0.717) is 16.3 Å². The maximum Gasteiger partial charge on any atom is 0.257 e. The molecular weight excluding hydrogens is 460 g/mol. The van der Waals surface area contributed by atoms with E-state index < -0.39 is 11.6 Å². The number of hydrogen-bond donors (Lipinski definition) is 3. The number of carbonyl (C=O) groups is 2. The van der Waals surface area contributed by atoms with Crippen molar-refractivity contribution < 1.29 is 9.59 Å². The number of nitrogens with two attached hydrogens (primary N) is 1. The van der Waals surface area contributed by atoms with Crippen molar-refractivity contribution in [1.82, 2.24) is 10.4 Å². The predicted molar refractivity (Wildman–Crippen MR) is 139 cm³/mol.